The van der Waals surface area contributed by atoms with Crippen LogP contribution in [0, 0.1) is 5.92 Å². The minimum atomic E-state index is -1.18. The minimum Gasteiger partial charge on any atom is -0.494 e. The van der Waals surface area contributed by atoms with Crippen LogP contribution < -0.4 is 9.64 Å². The summed E-state index contributed by atoms with van der Waals surface area (Å²) in [5, 5.41) is 4.78. The monoisotopic (exact) mass is 373 g/mol. The number of amides is 3. The van der Waals surface area contributed by atoms with Crippen LogP contribution in [-0.4, -0.2) is 53.7 Å². The highest BCUT2D eigenvalue weighted by Crippen LogP contribution is 2.36. The lowest BCUT2D eigenvalue weighted by Crippen LogP contribution is -2.41. The Labute approximate surface area is 155 Å². The molecule has 2 aliphatic rings. The highest BCUT2D eigenvalue weighted by Gasteiger charge is 2.59. The number of benzene rings is 1. The maximum Gasteiger partial charge on any atom is 0.355 e. The molecule has 27 heavy (non-hydrogen) atoms. The fourth-order valence-corrected chi connectivity index (χ4v) is 3.16. The van der Waals surface area contributed by atoms with Gasteiger partial charge in [-0.3, -0.25) is 14.4 Å². The van der Waals surface area contributed by atoms with Gasteiger partial charge < -0.3 is 9.47 Å². The molecule has 9 nitrogen and oxygen atoms in total. The van der Waals surface area contributed by atoms with Crippen LogP contribution in [0.4, 0.5) is 5.69 Å². The predicted molar refractivity (Wildman–Crippen MR) is 94.0 cm³/mol. The van der Waals surface area contributed by atoms with E-state index in [9.17, 15) is 19.2 Å². The number of rotatable bonds is 5. The normalized spacial score (nSPS) is 21.2. The van der Waals surface area contributed by atoms with Crippen molar-refractivity contribution in [2.45, 2.75) is 26.8 Å². The first-order valence-electron chi connectivity index (χ1n) is 8.56. The molecule has 0 aromatic heterocycles. The summed E-state index contributed by atoms with van der Waals surface area (Å²) >= 11 is 0. The van der Waals surface area contributed by atoms with E-state index in [1.807, 2.05) is 6.92 Å². The van der Waals surface area contributed by atoms with Crippen molar-refractivity contribution < 1.29 is 28.7 Å². The highest BCUT2D eigenvalue weighted by atomic mass is 16.5. The zero-order valence-corrected chi connectivity index (χ0v) is 15.2. The molecule has 0 unspecified atom stereocenters. The van der Waals surface area contributed by atoms with E-state index in [1.165, 1.54) is 6.92 Å². The first kappa shape index (κ1) is 18.6. The number of carbonyl (C=O) groups excluding carboxylic acids is 4. The van der Waals surface area contributed by atoms with Gasteiger partial charge in [0.1, 0.15) is 11.7 Å². The van der Waals surface area contributed by atoms with Gasteiger partial charge in [0, 0.05) is 6.92 Å². The van der Waals surface area contributed by atoms with E-state index in [4.69, 9.17) is 9.47 Å². The minimum absolute atomic E-state index is 0.0834. The second kappa shape index (κ2) is 7.18. The summed E-state index contributed by atoms with van der Waals surface area (Å²) in [6, 6.07) is 5.23. The predicted octanol–water partition coefficient (Wildman–Crippen LogP) is 0.724. The number of esters is 1. The Bertz CT molecular complexity index is 832. The summed E-state index contributed by atoms with van der Waals surface area (Å²) < 4.78 is 10.3. The molecule has 9 heteroatoms. The van der Waals surface area contributed by atoms with E-state index in [0.717, 1.165) is 9.91 Å². The van der Waals surface area contributed by atoms with Gasteiger partial charge in [0.15, 0.2) is 11.8 Å². The van der Waals surface area contributed by atoms with Crippen LogP contribution in [-0.2, 0) is 23.9 Å². The van der Waals surface area contributed by atoms with Crippen LogP contribution >= 0.6 is 0 Å². The third-order valence-corrected chi connectivity index (χ3v) is 4.26. The second-order valence-electron chi connectivity index (χ2n) is 5.93. The number of hydrazone groups is 1. The maximum absolute atomic E-state index is 12.9. The number of carbonyl (C=O) groups is 4. The highest BCUT2D eigenvalue weighted by molar-refractivity contribution is 6.47. The molecule has 0 saturated carbocycles. The quantitative estimate of drug-likeness (QED) is 0.556. The van der Waals surface area contributed by atoms with Crippen LogP contribution in [0.2, 0.25) is 0 Å². The van der Waals surface area contributed by atoms with Gasteiger partial charge in [0.25, 0.3) is 5.91 Å². The van der Waals surface area contributed by atoms with Crippen LogP contribution in [0.3, 0.4) is 0 Å². The van der Waals surface area contributed by atoms with Gasteiger partial charge in [-0.15, -0.1) is 0 Å². The summed E-state index contributed by atoms with van der Waals surface area (Å²) in [6.45, 7) is 5.24. The first-order chi connectivity index (χ1) is 12.9. The summed E-state index contributed by atoms with van der Waals surface area (Å²) in [5.41, 5.74) is 0.0957. The Morgan fingerprint density at radius 2 is 1.74 bits per heavy atom. The fraction of sp³-hybridized carbons (Fsp3) is 0.389. The Morgan fingerprint density at radius 1 is 1.07 bits per heavy atom. The molecule has 2 atom stereocenters. The summed E-state index contributed by atoms with van der Waals surface area (Å²) in [5.74, 6) is -3.17. The molecule has 3 amide bonds. The third kappa shape index (κ3) is 3.05. The smallest absolute Gasteiger partial charge is 0.355 e. The van der Waals surface area contributed by atoms with Gasteiger partial charge in [-0.2, -0.15) is 5.10 Å². The number of anilines is 1. The molecule has 1 aromatic rings. The summed E-state index contributed by atoms with van der Waals surface area (Å²) in [7, 11) is 0. The topological polar surface area (TPSA) is 106 Å². The third-order valence-electron chi connectivity index (χ3n) is 4.26. The van der Waals surface area contributed by atoms with Crippen molar-refractivity contribution >= 4 is 35.1 Å². The van der Waals surface area contributed by atoms with Crippen LogP contribution in [0.5, 0.6) is 5.75 Å². The van der Waals surface area contributed by atoms with E-state index < -0.39 is 35.7 Å². The van der Waals surface area contributed by atoms with Crippen molar-refractivity contribution in [1.29, 1.82) is 0 Å². The number of fused-ring (bicyclic) bond motifs is 1. The number of nitrogens with zero attached hydrogens (tertiary/aromatic N) is 3. The van der Waals surface area contributed by atoms with E-state index in [1.54, 1.807) is 31.2 Å². The lowest BCUT2D eigenvalue weighted by atomic mass is 9.98. The van der Waals surface area contributed by atoms with Gasteiger partial charge in [0.2, 0.25) is 11.8 Å². The standard InChI is InChI=1S/C18H19N3O6/c1-4-26-12-8-6-11(7-9-12)20-16(23)13-14(18(25)27-5-2)19-21(10(3)22)15(13)17(20)24/h6-9,13,15H,4-5H2,1-3H3/t13-,15-/m0/s1. The summed E-state index contributed by atoms with van der Waals surface area (Å²) in [6.07, 6.45) is 0. The lowest BCUT2D eigenvalue weighted by Gasteiger charge is -2.19. The molecular weight excluding hydrogens is 354 g/mol. The van der Waals surface area contributed by atoms with Crippen LogP contribution in [0.1, 0.15) is 20.8 Å². The van der Waals surface area contributed by atoms with Crippen LogP contribution in [0.15, 0.2) is 29.4 Å². The number of ether oxygens (including phenoxy) is 2. The largest absolute Gasteiger partial charge is 0.494 e. The molecule has 0 N–H and O–H groups in total. The number of imide groups is 1. The number of hydrogen-bond acceptors (Lipinski definition) is 7. The first-order valence-corrected chi connectivity index (χ1v) is 8.56. The molecule has 0 spiro atoms. The molecule has 1 fully saturated rings. The van der Waals surface area contributed by atoms with Gasteiger partial charge >= 0.3 is 5.97 Å². The molecule has 2 aliphatic heterocycles. The van der Waals surface area contributed by atoms with Gasteiger partial charge in [0.05, 0.1) is 18.9 Å². The fourth-order valence-electron chi connectivity index (χ4n) is 3.16. The van der Waals surface area contributed by atoms with Gasteiger partial charge in [-0.05, 0) is 38.1 Å². The zero-order valence-electron chi connectivity index (χ0n) is 15.2. The maximum atomic E-state index is 12.9. The molecule has 0 radical (unpaired) electrons. The van der Waals surface area contributed by atoms with Crippen molar-refractivity contribution in [3.8, 4) is 5.75 Å². The molecule has 1 saturated heterocycles. The zero-order chi connectivity index (χ0) is 19.7. The molecule has 0 bridgehead atoms. The molecule has 3 rings (SSSR count). The van der Waals surface area contributed by atoms with Gasteiger partial charge in [-0.1, -0.05) is 0 Å². The lowest BCUT2D eigenvalue weighted by molar-refractivity contribution is -0.136. The van der Waals surface area contributed by atoms with Crippen molar-refractivity contribution in [2.24, 2.45) is 11.0 Å². The SMILES string of the molecule is CCOC(=O)C1=NN(C(C)=O)[C@@H]2C(=O)N(c3ccc(OCC)cc3)C(=O)[C@@H]12. The Kier molecular flexibility index (Phi) is 4.93. The van der Waals surface area contributed by atoms with Gasteiger partial charge in [-0.25, -0.2) is 14.7 Å². The van der Waals surface area contributed by atoms with E-state index >= 15 is 0 Å². The Morgan fingerprint density at radius 3 is 2.30 bits per heavy atom. The molecule has 1 aromatic carbocycles. The van der Waals surface area contributed by atoms with Crippen molar-refractivity contribution in [2.75, 3.05) is 18.1 Å². The molecule has 142 valence electrons. The average Bonchev–Trinajstić information content (AvgIpc) is 3.14. The molecule has 2 heterocycles. The van der Waals surface area contributed by atoms with Crippen molar-refractivity contribution in [3.05, 3.63) is 24.3 Å². The van der Waals surface area contributed by atoms with E-state index in [-0.39, 0.29) is 12.3 Å². The number of hydrogen-bond donors (Lipinski definition) is 0. The Hall–Kier alpha value is -3.23. The Balaban J connectivity index is 1.96. The van der Waals surface area contributed by atoms with Crippen molar-refractivity contribution in [1.82, 2.24) is 5.01 Å². The summed E-state index contributed by atoms with van der Waals surface area (Å²) in [4.78, 5) is 50.9. The van der Waals surface area contributed by atoms with E-state index in [0.29, 0.717) is 18.0 Å². The van der Waals surface area contributed by atoms with Crippen molar-refractivity contribution in [3.63, 3.8) is 0 Å². The molecule has 0 aliphatic carbocycles. The average molecular weight is 373 g/mol. The van der Waals surface area contributed by atoms with Crippen LogP contribution in [0.25, 0.3) is 0 Å². The second-order valence-corrected chi connectivity index (χ2v) is 5.93. The van der Waals surface area contributed by atoms with E-state index in [2.05, 4.69) is 5.10 Å². The molecular formula is C18H19N3O6.